The molecule has 1 aromatic heterocycles. The molecular weight excluding hydrogens is 234 g/mol. The number of hydrogen-bond donors (Lipinski definition) is 1. The second-order valence-corrected chi connectivity index (χ2v) is 4.43. The third-order valence-corrected chi connectivity index (χ3v) is 3.17. The maximum Gasteiger partial charge on any atom is 0.396 e. The molecule has 6 heteroatoms. The first-order chi connectivity index (χ1) is 8.70. The minimum Gasteiger partial charge on any atom is -0.459 e. The smallest absolute Gasteiger partial charge is 0.396 e. The Morgan fingerprint density at radius 2 is 2.28 bits per heavy atom. The fraction of sp³-hybridized carbons (Fsp3) is 0.583. The van der Waals surface area contributed by atoms with Crippen LogP contribution in [-0.2, 0) is 14.3 Å². The average molecular weight is 251 g/mol. The Labute approximate surface area is 105 Å². The van der Waals surface area contributed by atoms with E-state index < -0.39 is 11.9 Å². The maximum atomic E-state index is 11.3. The van der Waals surface area contributed by atoms with Crippen LogP contribution >= 0.6 is 0 Å². The standard InChI is InChI=1S/C12H17N3O3/c1-2-18-12(17)11(16)14-7-9-5-10(6-9)15-4-3-13-8-15/h3-4,8-10H,2,5-7H2,1H3,(H,14,16). The van der Waals surface area contributed by atoms with Crippen LogP contribution in [0.15, 0.2) is 18.7 Å². The maximum absolute atomic E-state index is 11.3. The zero-order valence-electron chi connectivity index (χ0n) is 10.3. The van der Waals surface area contributed by atoms with Gasteiger partial charge in [0.2, 0.25) is 0 Å². The number of imidazole rings is 1. The van der Waals surface area contributed by atoms with Crippen LogP contribution in [0.4, 0.5) is 0 Å². The van der Waals surface area contributed by atoms with E-state index in [4.69, 9.17) is 0 Å². The topological polar surface area (TPSA) is 73.2 Å². The highest BCUT2D eigenvalue weighted by Crippen LogP contribution is 2.36. The van der Waals surface area contributed by atoms with Gasteiger partial charge in [0.05, 0.1) is 12.9 Å². The van der Waals surface area contributed by atoms with Crippen LogP contribution in [0.25, 0.3) is 0 Å². The van der Waals surface area contributed by atoms with Crippen molar-refractivity contribution >= 4 is 11.9 Å². The molecule has 18 heavy (non-hydrogen) atoms. The van der Waals surface area contributed by atoms with Gasteiger partial charge in [-0.2, -0.15) is 0 Å². The van der Waals surface area contributed by atoms with E-state index in [0.717, 1.165) is 12.8 Å². The van der Waals surface area contributed by atoms with Crippen molar-refractivity contribution in [3.63, 3.8) is 0 Å². The summed E-state index contributed by atoms with van der Waals surface area (Å²) in [6.45, 7) is 2.42. The molecule has 1 amide bonds. The van der Waals surface area contributed by atoms with Gasteiger partial charge in [-0.3, -0.25) is 4.79 Å². The van der Waals surface area contributed by atoms with Gasteiger partial charge < -0.3 is 14.6 Å². The Morgan fingerprint density at radius 1 is 1.50 bits per heavy atom. The van der Waals surface area contributed by atoms with Crippen LogP contribution in [0.3, 0.4) is 0 Å². The third kappa shape index (κ3) is 2.88. The number of aromatic nitrogens is 2. The molecule has 0 bridgehead atoms. The Balaban J connectivity index is 1.65. The zero-order chi connectivity index (χ0) is 13.0. The van der Waals surface area contributed by atoms with E-state index in [9.17, 15) is 9.59 Å². The van der Waals surface area contributed by atoms with Crippen molar-refractivity contribution in [3.05, 3.63) is 18.7 Å². The second kappa shape index (κ2) is 5.66. The summed E-state index contributed by atoms with van der Waals surface area (Å²) in [4.78, 5) is 26.4. The van der Waals surface area contributed by atoms with Gasteiger partial charge in [0.25, 0.3) is 0 Å². The molecule has 1 heterocycles. The largest absolute Gasteiger partial charge is 0.459 e. The lowest BCUT2D eigenvalue weighted by atomic mass is 9.80. The van der Waals surface area contributed by atoms with E-state index in [2.05, 4.69) is 19.6 Å². The minimum absolute atomic E-state index is 0.221. The fourth-order valence-corrected chi connectivity index (χ4v) is 2.10. The average Bonchev–Trinajstić information content (AvgIpc) is 2.80. The third-order valence-electron chi connectivity index (χ3n) is 3.17. The quantitative estimate of drug-likeness (QED) is 0.625. The molecule has 1 fully saturated rings. The van der Waals surface area contributed by atoms with Crippen LogP contribution in [0.2, 0.25) is 0 Å². The summed E-state index contributed by atoms with van der Waals surface area (Å²) in [6.07, 6.45) is 7.50. The summed E-state index contributed by atoms with van der Waals surface area (Å²) in [6, 6.07) is 0.469. The Hall–Kier alpha value is -1.85. The number of carbonyl (C=O) groups is 2. The first-order valence-electron chi connectivity index (χ1n) is 6.13. The number of rotatable bonds is 4. The summed E-state index contributed by atoms with van der Waals surface area (Å²) in [5, 5.41) is 2.60. The van der Waals surface area contributed by atoms with E-state index in [-0.39, 0.29) is 6.61 Å². The van der Waals surface area contributed by atoms with Crippen LogP contribution in [0.1, 0.15) is 25.8 Å². The summed E-state index contributed by atoms with van der Waals surface area (Å²) in [5.41, 5.74) is 0. The van der Waals surface area contributed by atoms with E-state index in [1.54, 1.807) is 19.4 Å². The van der Waals surface area contributed by atoms with Gasteiger partial charge in [-0.15, -0.1) is 0 Å². The number of nitrogens with one attached hydrogen (secondary N) is 1. The second-order valence-electron chi connectivity index (χ2n) is 4.43. The molecule has 1 aromatic rings. The highest BCUT2D eigenvalue weighted by molar-refractivity contribution is 6.32. The van der Waals surface area contributed by atoms with Gasteiger partial charge >= 0.3 is 11.9 Å². The molecule has 0 aliphatic heterocycles. The van der Waals surface area contributed by atoms with Crippen molar-refractivity contribution < 1.29 is 14.3 Å². The lowest BCUT2D eigenvalue weighted by molar-refractivity contribution is -0.154. The molecule has 0 unspecified atom stereocenters. The lowest BCUT2D eigenvalue weighted by Gasteiger charge is -2.36. The van der Waals surface area contributed by atoms with Crippen molar-refractivity contribution in [2.45, 2.75) is 25.8 Å². The predicted molar refractivity (Wildman–Crippen MR) is 63.6 cm³/mol. The summed E-state index contributed by atoms with van der Waals surface area (Å²) >= 11 is 0. The first-order valence-corrected chi connectivity index (χ1v) is 6.13. The number of ether oxygens (including phenoxy) is 1. The molecule has 0 saturated heterocycles. The van der Waals surface area contributed by atoms with Crippen LogP contribution < -0.4 is 5.32 Å². The highest BCUT2D eigenvalue weighted by Gasteiger charge is 2.30. The summed E-state index contributed by atoms with van der Waals surface area (Å²) in [7, 11) is 0. The minimum atomic E-state index is -0.803. The molecule has 1 aliphatic carbocycles. The van der Waals surface area contributed by atoms with Gasteiger partial charge in [-0.05, 0) is 25.7 Å². The van der Waals surface area contributed by atoms with Crippen molar-refractivity contribution in [3.8, 4) is 0 Å². The zero-order valence-corrected chi connectivity index (χ0v) is 10.3. The van der Waals surface area contributed by atoms with Gasteiger partial charge in [-0.1, -0.05) is 0 Å². The highest BCUT2D eigenvalue weighted by atomic mass is 16.5. The van der Waals surface area contributed by atoms with Gasteiger partial charge in [-0.25, -0.2) is 9.78 Å². The van der Waals surface area contributed by atoms with Crippen LogP contribution in [0.5, 0.6) is 0 Å². The Bertz CT molecular complexity index is 410. The van der Waals surface area contributed by atoms with E-state index >= 15 is 0 Å². The molecule has 0 spiro atoms. The van der Waals surface area contributed by atoms with Crippen molar-refractivity contribution in [2.75, 3.05) is 13.2 Å². The molecule has 1 saturated carbocycles. The Morgan fingerprint density at radius 3 is 2.89 bits per heavy atom. The molecule has 1 aliphatic rings. The molecule has 0 radical (unpaired) electrons. The first kappa shape index (κ1) is 12.6. The summed E-state index contributed by atoms with van der Waals surface area (Å²) in [5.74, 6) is -1.03. The molecule has 0 aromatic carbocycles. The monoisotopic (exact) mass is 251 g/mol. The van der Waals surface area contributed by atoms with E-state index in [1.807, 2.05) is 6.20 Å². The molecule has 1 N–H and O–H groups in total. The molecule has 98 valence electrons. The van der Waals surface area contributed by atoms with Crippen molar-refractivity contribution in [1.29, 1.82) is 0 Å². The van der Waals surface area contributed by atoms with Gasteiger partial charge in [0.1, 0.15) is 0 Å². The molecule has 6 nitrogen and oxygen atoms in total. The molecule has 0 atom stereocenters. The lowest BCUT2D eigenvalue weighted by Crippen LogP contribution is -2.40. The fourth-order valence-electron chi connectivity index (χ4n) is 2.10. The number of hydrogen-bond acceptors (Lipinski definition) is 4. The van der Waals surface area contributed by atoms with Crippen molar-refractivity contribution in [1.82, 2.24) is 14.9 Å². The predicted octanol–water partition coefficient (Wildman–Crippen LogP) is 0.513. The Kier molecular flexibility index (Phi) is 3.96. The van der Waals surface area contributed by atoms with Gasteiger partial charge in [0, 0.05) is 25.0 Å². The number of esters is 1. The van der Waals surface area contributed by atoms with Crippen LogP contribution in [-0.4, -0.2) is 34.6 Å². The van der Waals surface area contributed by atoms with Crippen molar-refractivity contribution in [2.24, 2.45) is 5.92 Å². The van der Waals surface area contributed by atoms with E-state index in [0.29, 0.717) is 18.5 Å². The van der Waals surface area contributed by atoms with E-state index in [1.165, 1.54) is 0 Å². The number of amides is 1. The summed E-state index contributed by atoms with van der Waals surface area (Å²) < 4.78 is 6.68. The SMILES string of the molecule is CCOC(=O)C(=O)NCC1CC(n2ccnc2)C1. The van der Waals surface area contributed by atoms with Gasteiger partial charge in [0.15, 0.2) is 0 Å². The molecular formula is C12H17N3O3. The van der Waals surface area contributed by atoms with Crippen LogP contribution in [0, 0.1) is 5.92 Å². The molecule has 2 rings (SSSR count). The normalized spacial score (nSPS) is 22.1. The number of carbonyl (C=O) groups excluding carboxylic acids is 2. The number of nitrogens with zero attached hydrogens (tertiary/aromatic N) is 2.